The topological polar surface area (TPSA) is 107 Å². The van der Waals surface area contributed by atoms with Gasteiger partial charge in [0, 0.05) is 25.3 Å². The van der Waals surface area contributed by atoms with E-state index < -0.39 is 10.0 Å². The van der Waals surface area contributed by atoms with Crippen LogP contribution in [0.5, 0.6) is 5.75 Å². The lowest BCUT2D eigenvalue weighted by molar-refractivity contribution is -0.123. The molecule has 1 aromatic heterocycles. The summed E-state index contributed by atoms with van der Waals surface area (Å²) >= 11 is 0. The van der Waals surface area contributed by atoms with Gasteiger partial charge in [-0.3, -0.25) is 9.78 Å². The van der Waals surface area contributed by atoms with E-state index in [1.54, 1.807) is 6.20 Å². The van der Waals surface area contributed by atoms with Crippen LogP contribution in [-0.4, -0.2) is 57.5 Å². The minimum atomic E-state index is -3.29. The first-order valence-corrected chi connectivity index (χ1v) is 9.64. The number of aromatic nitrogens is 1. The molecule has 0 unspecified atom stereocenters. The molecule has 2 N–H and O–H groups in total. The van der Waals surface area contributed by atoms with Gasteiger partial charge in [0.05, 0.1) is 25.1 Å². The average molecular weight is 357 g/mol. The first-order chi connectivity index (χ1) is 11.3. The molecular weight excluding hydrogens is 334 g/mol. The van der Waals surface area contributed by atoms with Crippen LogP contribution in [0.15, 0.2) is 18.3 Å². The molecule has 24 heavy (non-hydrogen) atoms. The number of amides is 1. The zero-order valence-corrected chi connectivity index (χ0v) is 14.6. The van der Waals surface area contributed by atoms with Crippen molar-refractivity contribution in [2.24, 2.45) is 0 Å². The van der Waals surface area contributed by atoms with Crippen molar-refractivity contribution in [1.29, 1.82) is 0 Å². The second-order valence-corrected chi connectivity index (χ2v) is 7.58. The van der Waals surface area contributed by atoms with Gasteiger partial charge in [0.25, 0.3) is 0 Å². The van der Waals surface area contributed by atoms with Gasteiger partial charge in [-0.15, -0.1) is 0 Å². The molecule has 2 heterocycles. The van der Waals surface area contributed by atoms with Crippen LogP contribution in [-0.2, 0) is 19.6 Å². The molecule has 0 bridgehead atoms. The summed E-state index contributed by atoms with van der Waals surface area (Å²) in [5.41, 5.74) is 0.894. The van der Waals surface area contributed by atoms with Gasteiger partial charge < -0.3 is 14.8 Å². The Morgan fingerprint density at radius 2 is 2.25 bits per heavy atom. The standard InChI is InChI=1S/C15H23N3O5S/c1-11-3-4-12(9-16-11)23-14-10-22-8-6-13(14)18-15(19)5-7-17-24(2,20)21/h3-4,9,13-14,17H,5-8,10H2,1-2H3,(H,18,19)/t13-,14+/m1/s1. The lowest BCUT2D eigenvalue weighted by Crippen LogP contribution is -2.51. The Balaban J connectivity index is 1.86. The molecular formula is C15H23N3O5S. The molecule has 0 spiro atoms. The molecule has 0 radical (unpaired) electrons. The molecule has 1 aromatic rings. The summed E-state index contributed by atoms with van der Waals surface area (Å²) in [7, 11) is -3.29. The lowest BCUT2D eigenvalue weighted by atomic mass is 10.1. The Hall–Kier alpha value is -1.71. The normalized spacial score (nSPS) is 21.2. The molecule has 0 aliphatic carbocycles. The number of nitrogens with one attached hydrogen (secondary N) is 2. The minimum absolute atomic E-state index is 0.0707. The van der Waals surface area contributed by atoms with Crippen molar-refractivity contribution in [3.8, 4) is 5.75 Å². The lowest BCUT2D eigenvalue weighted by Gasteiger charge is -2.32. The van der Waals surface area contributed by atoms with Crippen LogP contribution in [0.4, 0.5) is 0 Å². The molecule has 1 aliphatic heterocycles. The first-order valence-electron chi connectivity index (χ1n) is 7.74. The molecule has 9 heteroatoms. The fourth-order valence-electron chi connectivity index (χ4n) is 2.32. The summed E-state index contributed by atoms with van der Waals surface area (Å²) in [5, 5.41) is 2.89. The van der Waals surface area contributed by atoms with Crippen LogP contribution in [0.25, 0.3) is 0 Å². The summed E-state index contributed by atoms with van der Waals surface area (Å²) in [5.74, 6) is 0.391. The Morgan fingerprint density at radius 1 is 1.46 bits per heavy atom. The van der Waals surface area contributed by atoms with Gasteiger partial charge in [0.2, 0.25) is 15.9 Å². The third-order valence-corrected chi connectivity index (χ3v) is 4.27. The number of carbonyl (C=O) groups is 1. The summed E-state index contributed by atoms with van der Waals surface area (Å²) in [4.78, 5) is 16.2. The summed E-state index contributed by atoms with van der Waals surface area (Å²) in [6.45, 7) is 2.88. The minimum Gasteiger partial charge on any atom is -0.484 e. The van der Waals surface area contributed by atoms with Crippen molar-refractivity contribution < 1.29 is 22.7 Å². The van der Waals surface area contributed by atoms with Gasteiger partial charge in [-0.05, 0) is 25.5 Å². The van der Waals surface area contributed by atoms with Crippen LogP contribution >= 0.6 is 0 Å². The van der Waals surface area contributed by atoms with E-state index >= 15 is 0 Å². The molecule has 2 atom stereocenters. The molecule has 1 saturated heterocycles. The first kappa shape index (κ1) is 18.6. The molecule has 2 rings (SSSR count). The second kappa shape index (κ2) is 8.41. The van der Waals surface area contributed by atoms with Crippen molar-refractivity contribution in [3.63, 3.8) is 0 Å². The monoisotopic (exact) mass is 357 g/mol. The van der Waals surface area contributed by atoms with Crippen molar-refractivity contribution in [3.05, 3.63) is 24.0 Å². The fourth-order valence-corrected chi connectivity index (χ4v) is 2.79. The SMILES string of the molecule is Cc1ccc(O[C@H]2COCC[C@H]2NC(=O)CCNS(C)(=O)=O)cn1. The third-order valence-electron chi connectivity index (χ3n) is 3.54. The van der Waals surface area contributed by atoms with Crippen molar-refractivity contribution in [1.82, 2.24) is 15.0 Å². The Bertz CT molecular complexity index is 648. The van der Waals surface area contributed by atoms with Gasteiger partial charge in [0.15, 0.2) is 0 Å². The van der Waals surface area contributed by atoms with E-state index in [9.17, 15) is 13.2 Å². The van der Waals surface area contributed by atoms with E-state index in [4.69, 9.17) is 9.47 Å². The zero-order chi connectivity index (χ0) is 17.6. The summed E-state index contributed by atoms with van der Waals surface area (Å²) < 4.78 is 35.6. The number of ether oxygens (including phenoxy) is 2. The third kappa shape index (κ3) is 6.42. The molecule has 1 aliphatic rings. The van der Waals surface area contributed by atoms with Crippen LogP contribution in [0.1, 0.15) is 18.5 Å². The fraction of sp³-hybridized carbons (Fsp3) is 0.600. The number of rotatable bonds is 7. The number of pyridine rings is 1. The number of sulfonamides is 1. The highest BCUT2D eigenvalue weighted by atomic mass is 32.2. The smallest absolute Gasteiger partial charge is 0.221 e. The van der Waals surface area contributed by atoms with Gasteiger partial charge in [-0.2, -0.15) is 0 Å². The largest absolute Gasteiger partial charge is 0.484 e. The molecule has 1 fully saturated rings. The zero-order valence-electron chi connectivity index (χ0n) is 13.8. The van der Waals surface area contributed by atoms with E-state index in [1.165, 1.54) is 0 Å². The highest BCUT2D eigenvalue weighted by Crippen LogP contribution is 2.17. The van der Waals surface area contributed by atoms with Crippen LogP contribution in [0.3, 0.4) is 0 Å². The van der Waals surface area contributed by atoms with Gasteiger partial charge in [-0.1, -0.05) is 0 Å². The van der Waals surface area contributed by atoms with E-state index in [2.05, 4.69) is 15.0 Å². The summed E-state index contributed by atoms with van der Waals surface area (Å²) in [6.07, 6.45) is 3.09. The second-order valence-electron chi connectivity index (χ2n) is 5.75. The van der Waals surface area contributed by atoms with Crippen molar-refractivity contribution >= 4 is 15.9 Å². The van der Waals surface area contributed by atoms with Crippen LogP contribution < -0.4 is 14.8 Å². The maximum Gasteiger partial charge on any atom is 0.221 e. The molecule has 8 nitrogen and oxygen atoms in total. The molecule has 1 amide bonds. The van der Waals surface area contributed by atoms with Crippen molar-refractivity contribution in [2.75, 3.05) is 26.0 Å². The van der Waals surface area contributed by atoms with E-state index in [1.807, 2.05) is 19.1 Å². The number of aryl methyl sites for hydroxylation is 1. The van der Waals surface area contributed by atoms with Gasteiger partial charge >= 0.3 is 0 Å². The van der Waals surface area contributed by atoms with E-state index in [-0.39, 0.29) is 31.0 Å². The van der Waals surface area contributed by atoms with E-state index in [0.717, 1.165) is 11.9 Å². The Morgan fingerprint density at radius 3 is 2.92 bits per heavy atom. The Kier molecular flexibility index (Phi) is 6.52. The van der Waals surface area contributed by atoms with Crippen LogP contribution in [0, 0.1) is 6.92 Å². The molecule has 0 aromatic carbocycles. The van der Waals surface area contributed by atoms with Crippen molar-refractivity contribution in [2.45, 2.75) is 31.9 Å². The molecule has 0 saturated carbocycles. The predicted octanol–water partition coefficient (Wildman–Crippen LogP) is -0.0182. The average Bonchev–Trinajstić information content (AvgIpc) is 2.50. The highest BCUT2D eigenvalue weighted by molar-refractivity contribution is 7.88. The van der Waals surface area contributed by atoms with Gasteiger partial charge in [-0.25, -0.2) is 13.1 Å². The Labute approximate surface area is 142 Å². The quantitative estimate of drug-likeness (QED) is 0.710. The maximum atomic E-state index is 12.0. The number of hydrogen-bond donors (Lipinski definition) is 2. The highest BCUT2D eigenvalue weighted by Gasteiger charge is 2.29. The summed E-state index contributed by atoms with van der Waals surface area (Å²) in [6, 6.07) is 3.49. The van der Waals surface area contributed by atoms with Crippen LogP contribution in [0.2, 0.25) is 0 Å². The van der Waals surface area contributed by atoms with Gasteiger partial charge in [0.1, 0.15) is 11.9 Å². The number of carbonyl (C=O) groups excluding carboxylic acids is 1. The number of nitrogens with zero attached hydrogens (tertiary/aromatic N) is 1. The predicted molar refractivity (Wildman–Crippen MR) is 88.2 cm³/mol. The maximum absolute atomic E-state index is 12.0. The van der Waals surface area contributed by atoms with E-state index in [0.29, 0.717) is 25.4 Å². The molecule has 134 valence electrons. The number of hydrogen-bond acceptors (Lipinski definition) is 6.